The van der Waals surface area contributed by atoms with E-state index in [1.807, 2.05) is 0 Å². The summed E-state index contributed by atoms with van der Waals surface area (Å²) in [7, 11) is -1.63. The predicted octanol–water partition coefficient (Wildman–Crippen LogP) is -0.964. The molecule has 2 rings (SSSR count). The molecule has 0 radical (unpaired) electrons. The molecule has 4 nitrogen and oxygen atoms in total. The molecule has 1 aliphatic heterocycles. The van der Waals surface area contributed by atoms with E-state index in [9.17, 15) is 4.39 Å². The van der Waals surface area contributed by atoms with E-state index in [1.54, 1.807) is 6.07 Å². The molecule has 0 aliphatic carbocycles. The number of benzene rings is 1. The molecule has 0 unspecified atom stereocenters. The zero-order valence-corrected chi connectivity index (χ0v) is 9.40. The Kier molecular flexibility index (Phi) is 4.12. The Bertz CT molecular complexity index is 383. The summed E-state index contributed by atoms with van der Waals surface area (Å²) in [6.45, 7) is 2.18. The summed E-state index contributed by atoms with van der Waals surface area (Å²) in [5.74, 6) is -0.426. The first-order valence-electron chi connectivity index (χ1n) is 5.63. The minimum Gasteiger partial charge on any atom is -0.423 e. The van der Waals surface area contributed by atoms with Crippen LogP contribution >= 0.6 is 0 Å². The van der Waals surface area contributed by atoms with Crippen molar-refractivity contribution < 1.29 is 19.2 Å². The molecule has 92 valence electrons. The van der Waals surface area contributed by atoms with Gasteiger partial charge in [-0.1, -0.05) is 12.1 Å². The second-order valence-electron chi connectivity index (χ2n) is 4.13. The fourth-order valence-electron chi connectivity index (χ4n) is 1.89. The van der Waals surface area contributed by atoms with Gasteiger partial charge in [0.2, 0.25) is 0 Å². The summed E-state index contributed by atoms with van der Waals surface area (Å²) in [5, 5.41) is 21.0. The Morgan fingerprint density at radius 1 is 1.47 bits per heavy atom. The highest BCUT2D eigenvalue weighted by Crippen LogP contribution is 2.11. The molecule has 1 fully saturated rings. The Hall–Kier alpha value is -0.945. The van der Waals surface area contributed by atoms with Gasteiger partial charge in [0, 0.05) is 19.5 Å². The molecule has 0 aromatic heterocycles. The lowest BCUT2D eigenvalue weighted by atomic mass is 9.79. The first kappa shape index (κ1) is 12.5. The SMILES string of the molecule is OB(O)c1ccc(C[C@H]2CNCCO2)c(F)c1. The molecule has 1 aliphatic rings. The molecular weight excluding hydrogens is 224 g/mol. The summed E-state index contributed by atoms with van der Waals surface area (Å²) < 4.78 is 19.2. The van der Waals surface area contributed by atoms with Crippen LogP contribution in [0.1, 0.15) is 5.56 Å². The van der Waals surface area contributed by atoms with E-state index in [0.29, 0.717) is 25.1 Å². The van der Waals surface area contributed by atoms with Crippen LogP contribution in [-0.2, 0) is 11.2 Å². The maximum absolute atomic E-state index is 13.7. The van der Waals surface area contributed by atoms with E-state index in [2.05, 4.69) is 5.32 Å². The Morgan fingerprint density at radius 2 is 2.29 bits per heavy atom. The van der Waals surface area contributed by atoms with Crippen LogP contribution in [0.4, 0.5) is 4.39 Å². The maximum Gasteiger partial charge on any atom is 0.488 e. The number of halogens is 1. The molecule has 3 N–H and O–H groups in total. The zero-order valence-electron chi connectivity index (χ0n) is 9.40. The van der Waals surface area contributed by atoms with Crippen molar-refractivity contribution in [3.8, 4) is 0 Å². The molecule has 1 aromatic rings. The molecule has 1 aromatic carbocycles. The van der Waals surface area contributed by atoms with Crippen LogP contribution in [0.3, 0.4) is 0 Å². The van der Waals surface area contributed by atoms with Crippen molar-refractivity contribution in [3.05, 3.63) is 29.6 Å². The summed E-state index contributed by atoms with van der Waals surface area (Å²) >= 11 is 0. The predicted molar refractivity (Wildman–Crippen MR) is 62.5 cm³/mol. The highest BCUT2D eigenvalue weighted by molar-refractivity contribution is 6.58. The molecule has 0 spiro atoms. The molecule has 0 amide bonds. The summed E-state index contributed by atoms with van der Waals surface area (Å²) in [6.07, 6.45) is 0.462. The van der Waals surface area contributed by atoms with Gasteiger partial charge >= 0.3 is 7.12 Å². The smallest absolute Gasteiger partial charge is 0.423 e. The molecule has 0 saturated carbocycles. The topological polar surface area (TPSA) is 61.7 Å². The van der Waals surface area contributed by atoms with Crippen molar-refractivity contribution in [2.75, 3.05) is 19.7 Å². The summed E-state index contributed by atoms with van der Waals surface area (Å²) in [5.41, 5.74) is 0.692. The van der Waals surface area contributed by atoms with E-state index in [-0.39, 0.29) is 11.6 Å². The van der Waals surface area contributed by atoms with Crippen LogP contribution in [-0.4, -0.2) is 43.0 Å². The number of nitrogens with one attached hydrogen (secondary N) is 1. The quantitative estimate of drug-likeness (QED) is 0.594. The van der Waals surface area contributed by atoms with Gasteiger partial charge < -0.3 is 20.1 Å². The van der Waals surface area contributed by atoms with Gasteiger partial charge in [-0.25, -0.2) is 4.39 Å². The fourth-order valence-corrected chi connectivity index (χ4v) is 1.89. The second kappa shape index (κ2) is 5.60. The van der Waals surface area contributed by atoms with Gasteiger partial charge in [0.1, 0.15) is 5.82 Å². The van der Waals surface area contributed by atoms with Gasteiger partial charge in [-0.2, -0.15) is 0 Å². The van der Waals surface area contributed by atoms with Crippen molar-refractivity contribution in [1.82, 2.24) is 5.32 Å². The third kappa shape index (κ3) is 3.26. The van der Waals surface area contributed by atoms with Gasteiger partial charge in [-0.3, -0.25) is 0 Å². The monoisotopic (exact) mass is 239 g/mol. The normalized spacial score (nSPS) is 20.3. The lowest BCUT2D eigenvalue weighted by Gasteiger charge is -2.23. The maximum atomic E-state index is 13.7. The first-order chi connectivity index (χ1) is 8.16. The highest BCUT2D eigenvalue weighted by Gasteiger charge is 2.18. The zero-order chi connectivity index (χ0) is 12.3. The van der Waals surface area contributed by atoms with Crippen LogP contribution < -0.4 is 10.8 Å². The lowest BCUT2D eigenvalue weighted by Crippen LogP contribution is -2.39. The van der Waals surface area contributed by atoms with Crippen molar-refractivity contribution >= 4 is 12.6 Å². The van der Waals surface area contributed by atoms with Crippen LogP contribution in [0.25, 0.3) is 0 Å². The van der Waals surface area contributed by atoms with E-state index >= 15 is 0 Å². The largest absolute Gasteiger partial charge is 0.488 e. The van der Waals surface area contributed by atoms with Crippen molar-refractivity contribution in [3.63, 3.8) is 0 Å². The number of ether oxygens (including phenoxy) is 1. The van der Waals surface area contributed by atoms with Gasteiger partial charge in [0.15, 0.2) is 0 Å². The van der Waals surface area contributed by atoms with Crippen molar-refractivity contribution in [2.45, 2.75) is 12.5 Å². The first-order valence-corrected chi connectivity index (χ1v) is 5.63. The van der Waals surface area contributed by atoms with Gasteiger partial charge in [0.05, 0.1) is 12.7 Å². The highest BCUT2D eigenvalue weighted by atomic mass is 19.1. The Balaban J connectivity index is 2.05. The molecule has 0 bridgehead atoms. The van der Waals surface area contributed by atoms with Crippen LogP contribution in [0.2, 0.25) is 0 Å². The molecule has 6 heteroatoms. The Labute approximate surface area is 99.6 Å². The van der Waals surface area contributed by atoms with E-state index in [0.717, 1.165) is 12.6 Å². The lowest BCUT2D eigenvalue weighted by molar-refractivity contribution is 0.0287. The molecule has 17 heavy (non-hydrogen) atoms. The van der Waals surface area contributed by atoms with Gasteiger partial charge in [0.25, 0.3) is 0 Å². The summed E-state index contributed by atoms with van der Waals surface area (Å²) in [6, 6.07) is 4.23. The van der Waals surface area contributed by atoms with Crippen LogP contribution in [0.5, 0.6) is 0 Å². The average Bonchev–Trinajstić information content (AvgIpc) is 2.33. The molecule has 1 heterocycles. The van der Waals surface area contributed by atoms with E-state index in [4.69, 9.17) is 14.8 Å². The third-order valence-electron chi connectivity index (χ3n) is 2.83. The fraction of sp³-hybridized carbons (Fsp3) is 0.455. The van der Waals surface area contributed by atoms with Gasteiger partial charge in [-0.05, 0) is 17.1 Å². The van der Waals surface area contributed by atoms with Crippen molar-refractivity contribution in [2.24, 2.45) is 0 Å². The second-order valence-corrected chi connectivity index (χ2v) is 4.13. The van der Waals surface area contributed by atoms with Crippen LogP contribution in [0.15, 0.2) is 18.2 Å². The number of morpholine rings is 1. The minimum atomic E-state index is -1.63. The number of hydrogen-bond acceptors (Lipinski definition) is 4. The number of rotatable bonds is 3. The summed E-state index contributed by atoms with van der Waals surface area (Å²) in [4.78, 5) is 0. The van der Waals surface area contributed by atoms with E-state index < -0.39 is 12.9 Å². The molecular formula is C11H15BFNO3. The average molecular weight is 239 g/mol. The molecule has 1 saturated heterocycles. The minimum absolute atomic E-state index is 0.0249. The third-order valence-corrected chi connectivity index (χ3v) is 2.83. The number of hydrogen-bond donors (Lipinski definition) is 3. The van der Waals surface area contributed by atoms with Gasteiger partial charge in [-0.15, -0.1) is 0 Å². The van der Waals surface area contributed by atoms with Crippen molar-refractivity contribution in [1.29, 1.82) is 0 Å². The van der Waals surface area contributed by atoms with E-state index in [1.165, 1.54) is 6.07 Å². The van der Waals surface area contributed by atoms with Crippen LogP contribution in [0, 0.1) is 5.82 Å². The Morgan fingerprint density at radius 3 is 2.88 bits per heavy atom. The molecule has 1 atom stereocenters. The standard InChI is InChI=1S/C11H15BFNO3/c13-11-6-9(12(15)16)2-1-8(11)5-10-7-14-3-4-17-10/h1-2,6,10,14-16H,3-5,7H2/t10-/m0/s1.